The molecule has 0 unspecified atom stereocenters. The zero-order valence-corrected chi connectivity index (χ0v) is 16.0. The van der Waals surface area contributed by atoms with Crippen molar-refractivity contribution < 1.29 is 4.79 Å². The number of rotatable bonds is 2. The Labute approximate surface area is 162 Å². The van der Waals surface area contributed by atoms with E-state index in [2.05, 4.69) is 15.0 Å². The van der Waals surface area contributed by atoms with Crippen molar-refractivity contribution >= 4 is 50.9 Å². The number of nitrogens with one attached hydrogen (secondary N) is 2. The van der Waals surface area contributed by atoms with Crippen LogP contribution in [0, 0.1) is 0 Å². The Morgan fingerprint density at radius 3 is 2.78 bits per heavy atom. The number of H-pyrrole nitrogens is 2. The van der Waals surface area contributed by atoms with E-state index in [0.717, 1.165) is 46.5 Å². The molecule has 4 aromatic rings. The first kappa shape index (κ1) is 16.6. The number of aromatic nitrogens is 3. The van der Waals surface area contributed by atoms with E-state index < -0.39 is 0 Å². The van der Waals surface area contributed by atoms with E-state index in [1.54, 1.807) is 0 Å². The molecule has 1 aliphatic rings. The Morgan fingerprint density at radius 1 is 1.07 bits per heavy atom. The molecule has 1 aromatic carbocycles. The number of carbonyl (C=O) groups is 1. The average Bonchev–Trinajstić information content (AvgIpc) is 3.32. The molecule has 1 saturated heterocycles. The average molecular weight is 396 g/mol. The zero-order valence-electron chi connectivity index (χ0n) is 14.3. The van der Waals surface area contributed by atoms with Crippen LogP contribution in [0.5, 0.6) is 0 Å². The first-order valence-electron chi connectivity index (χ1n) is 8.65. The molecule has 0 spiro atoms. The van der Waals surface area contributed by atoms with Crippen LogP contribution in [0.3, 0.4) is 0 Å². The number of aromatic amines is 2. The maximum atomic E-state index is 12.7. The molecule has 0 radical (unpaired) electrons. The SMILES string of the molecule is O=C(c1ccc2[nH]c(-c3nc4cscc4[nH]c3=O)cc2c1)N1CCSCC1. The number of hydrogen-bond acceptors (Lipinski definition) is 5. The maximum Gasteiger partial charge on any atom is 0.276 e. The van der Waals surface area contributed by atoms with Gasteiger partial charge in [0.15, 0.2) is 5.69 Å². The minimum absolute atomic E-state index is 0.0654. The summed E-state index contributed by atoms with van der Waals surface area (Å²) in [5.74, 6) is 2.04. The van der Waals surface area contributed by atoms with Crippen LogP contribution in [0.15, 0.2) is 39.8 Å². The molecule has 1 fully saturated rings. The van der Waals surface area contributed by atoms with E-state index in [1.807, 2.05) is 51.7 Å². The third-order valence-electron chi connectivity index (χ3n) is 4.76. The van der Waals surface area contributed by atoms with Gasteiger partial charge >= 0.3 is 0 Å². The predicted molar refractivity (Wildman–Crippen MR) is 111 cm³/mol. The first-order valence-corrected chi connectivity index (χ1v) is 10.8. The van der Waals surface area contributed by atoms with Gasteiger partial charge in [-0.2, -0.15) is 11.8 Å². The molecule has 5 rings (SSSR count). The van der Waals surface area contributed by atoms with Gasteiger partial charge in [-0.3, -0.25) is 9.59 Å². The molecule has 27 heavy (non-hydrogen) atoms. The second-order valence-corrected chi connectivity index (χ2v) is 8.44. The number of carbonyl (C=O) groups excluding carboxylic acids is 1. The fourth-order valence-corrected chi connectivity index (χ4v) is 4.94. The largest absolute Gasteiger partial charge is 0.353 e. The van der Waals surface area contributed by atoms with Gasteiger partial charge in [0.1, 0.15) is 0 Å². The Hall–Kier alpha value is -2.58. The summed E-state index contributed by atoms with van der Waals surface area (Å²) < 4.78 is 0. The third kappa shape index (κ3) is 2.94. The number of thioether (sulfide) groups is 1. The van der Waals surface area contributed by atoms with Gasteiger partial charge in [-0.25, -0.2) is 4.98 Å². The summed E-state index contributed by atoms with van der Waals surface area (Å²) in [6.07, 6.45) is 0. The van der Waals surface area contributed by atoms with E-state index in [9.17, 15) is 9.59 Å². The van der Waals surface area contributed by atoms with E-state index in [4.69, 9.17) is 0 Å². The van der Waals surface area contributed by atoms with Crippen LogP contribution in [0.4, 0.5) is 0 Å². The molecule has 136 valence electrons. The van der Waals surface area contributed by atoms with Crippen LogP contribution in [0.25, 0.3) is 33.3 Å². The molecule has 4 heterocycles. The van der Waals surface area contributed by atoms with Crippen molar-refractivity contribution in [3.63, 3.8) is 0 Å². The minimum atomic E-state index is -0.227. The normalized spacial score (nSPS) is 14.9. The van der Waals surface area contributed by atoms with E-state index >= 15 is 0 Å². The molecular weight excluding hydrogens is 380 g/mol. The molecule has 8 heteroatoms. The fraction of sp³-hybridized carbons (Fsp3) is 0.211. The lowest BCUT2D eigenvalue weighted by Gasteiger charge is -2.26. The smallest absolute Gasteiger partial charge is 0.276 e. The lowest BCUT2D eigenvalue weighted by atomic mass is 10.1. The van der Waals surface area contributed by atoms with Gasteiger partial charge in [-0.1, -0.05) is 0 Å². The summed E-state index contributed by atoms with van der Waals surface area (Å²) in [6, 6.07) is 7.50. The van der Waals surface area contributed by atoms with Crippen LogP contribution in [-0.2, 0) is 0 Å². The molecular formula is C19H16N4O2S2. The van der Waals surface area contributed by atoms with Crippen molar-refractivity contribution in [3.05, 3.63) is 50.9 Å². The maximum absolute atomic E-state index is 12.7. The van der Waals surface area contributed by atoms with Crippen molar-refractivity contribution in [2.24, 2.45) is 0 Å². The number of amides is 1. The van der Waals surface area contributed by atoms with Crippen LogP contribution in [0.2, 0.25) is 0 Å². The van der Waals surface area contributed by atoms with E-state index in [0.29, 0.717) is 17.0 Å². The van der Waals surface area contributed by atoms with Gasteiger partial charge in [0.2, 0.25) is 0 Å². The summed E-state index contributed by atoms with van der Waals surface area (Å²) in [5, 5.41) is 4.68. The van der Waals surface area contributed by atoms with Gasteiger partial charge in [0, 0.05) is 51.8 Å². The monoisotopic (exact) mass is 396 g/mol. The van der Waals surface area contributed by atoms with Crippen molar-refractivity contribution in [2.75, 3.05) is 24.6 Å². The summed E-state index contributed by atoms with van der Waals surface area (Å²) in [5.41, 5.74) is 3.85. The minimum Gasteiger partial charge on any atom is -0.353 e. The van der Waals surface area contributed by atoms with Crippen LogP contribution in [-0.4, -0.2) is 50.4 Å². The van der Waals surface area contributed by atoms with E-state index in [1.165, 1.54) is 11.3 Å². The number of benzene rings is 1. The highest BCUT2D eigenvalue weighted by Crippen LogP contribution is 2.24. The predicted octanol–water partition coefficient (Wildman–Crippen LogP) is 3.32. The second-order valence-electron chi connectivity index (χ2n) is 6.47. The third-order valence-corrected chi connectivity index (χ3v) is 6.43. The van der Waals surface area contributed by atoms with Crippen LogP contribution in [0.1, 0.15) is 10.4 Å². The Kier molecular flexibility index (Phi) is 4.02. The topological polar surface area (TPSA) is 81.8 Å². The van der Waals surface area contributed by atoms with Crippen molar-refractivity contribution in [3.8, 4) is 11.4 Å². The highest BCUT2D eigenvalue weighted by atomic mass is 32.2. The first-order chi connectivity index (χ1) is 13.2. The quantitative estimate of drug-likeness (QED) is 0.545. The number of nitrogens with zero attached hydrogens (tertiary/aromatic N) is 2. The number of thiophene rings is 1. The lowest BCUT2D eigenvalue weighted by molar-refractivity contribution is 0.0772. The van der Waals surface area contributed by atoms with Gasteiger partial charge in [0.25, 0.3) is 11.5 Å². The number of hydrogen-bond donors (Lipinski definition) is 2. The second kappa shape index (κ2) is 6.54. The molecule has 0 aliphatic carbocycles. The summed E-state index contributed by atoms with van der Waals surface area (Å²) >= 11 is 3.38. The fourth-order valence-electron chi connectivity index (χ4n) is 3.35. The van der Waals surface area contributed by atoms with Gasteiger partial charge < -0.3 is 14.9 Å². The molecule has 0 bridgehead atoms. The summed E-state index contributed by atoms with van der Waals surface area (Å²) in [7, 11) is 0. The Morgan fingerprint density at radius 2 is 1.93 bits per heavy atom. The summed E-state index contributed by atoms with van der Waals surface area (Å²) in [4.78, 5) is 37.6. The molecule has 0 atom stereocenters. The van der Waals surface area contributed by atoms with Crippen LogP contribution >= 0.6 is 23.1 Å². The Balaban J connectivity index is 1.54. The molecule has 6 nitrogen and oxygen atoms in total. The van der Waals surface area contributed by atoms with Crippen molar-refractivity contribution in [1.29, 1.82) is 0 Å². The van der Waals surface area contributed by atoms with Crippen molar-refractivity contribution in [2.45, 2.75) is 0 Å². The van der Waals surface area contributed by atoms with Gasteiger partial charge in [-0.15, -0.1) is 11.3 Å². The molecule has 1 aliphatic heterocycles. The summed E-state index contributed by atoms with van der Waals surface area (Å²) in [6.45, 7) is 1.58. The van der Waals surface area contributed by atoms with Gasteiger partial charge in [-0.05, 0) is 24.3 Å². The molecule has 3 aromatic heterocycles. The standard InChI is InChI=1S/C19H16N4O2S2/c24-18-17(21-15-9-27-10-16(15)22-18)14-8-12-7-11(1-2-13(12)20-14)19(25)23-3-5-26-6-4-23/h1-2,7-10,20H,3-6H2,(H,22,24). The molecule has 1 amide bonds. The highest BCUT2D eigenvalue weighted by Gasteiger charge is 2.19. The van der Waals surface area contributed by atoms with Crippen LogP contribution < -0.4 is 5.56 Å². The lowest BCUT2D eigenvalue weighted by Crippen LogP contribution is -2.37. The van der Waals surface area contributed by atoms with Gasteiger partial charge in [0.05, 0.1) is 16.7 Å². The van der Waals surface area contributed by atoms with E-state index in [-0.39, 0.29) is 11.5 Å². The molecule has 2 N–H and O–H groups in total. The van der Waals surface area contributed by atoms with Crippen molar-refractivity contribution in [1.82, 2.24) is 19.9 Å². The molecule has 0 saturated carbocycles. The highest BCUT2D eigenvalue weighted by molar-refractivity contribution is 7.99. The zero-order chi connectivity index (χ0) is 18.4. The Bertz CT molecular complexity index is 1220. The number of fused-ring (bicyclic) bond motifs is 2.